The summed E-state index contributed by atoms with van der Waals surface area (Å²) < 4.78 is 5.76. The lowest BCUT2D eigenvalue weighted by atomic mass is 9.84. The third-order valence-electron chi connectivity index (χ3n) is 5.02. The van der Waals surface area contributed by atoms with Crippen LogP contribution in [0.15, 0.2) is 41.6 Å². The number of aromatic hydroxyl groups is 1. The van der Waals surface area contributed by atoms with Crippen LogP contribution in [-0.2, 0) is 10.3 Å². The lowest BCUT2D eigenvalue weighted by Gasteiger charge is -2.30. The van der Waals surface area contributed by atoms with Crippen LogP contribution in [0.5, 0.6) is 11.5 Å². The number of carboxylic acids is 1. The lowest BCUT2D eigenvalue weighted by molar-refractivity contribution is 0.0693. The molecule has 2 rings (SSSR count). The van der Waals surface area contributed by atoms with Crippen molar-refractivity contribution in [1.82, 2.24) is 0 Å². The molecule has 0 amide bonds. The average Bonchev–Trinajstić information content (AvgIpc) is 2.71. The molecule has 0 saturated heterocycles. The normalized spacial score (nSPS) is 11.9. The highest BCUT2D eigenvalue weighted by molar-refractivity contribution is 6.02. The van der Waals surface area contributed by atoms with E-state index in [4.69, 9.17) is 14.7 Å². The van der Waals surface area contributed by atoms with Crippen molar-refractivity contribution in [3.8, 4) is 11.5 Å². The van der Waals surface area contributed by atoms with Crippen molar-refractivity contribution in [2.24, 2.45) is 5.16 Å². The molecule has 168 valence electrons. The van der Waals surface area contributed by atoms with E-state index >= 15 is 0 Å². The van der Waals surface area contributed by atoms with Crippen LogP contribution >= 0.6 is 0 Å². The van der Waals surface area contributed by atoms with Gasteiger partial charge in [-0.05, 0) is 49.1 Å². The predicted molar refractivity (Wildman–Crippen MR) is 123 cm³/mol. The standard InChI is InChI=1S/C24H32N2O5/c1-7-26(8-2)21-12-9-16(13-19(21)24(3,4)5)20(25-30-6)15-31-17-10-11-18(23(28)29)22(27)14-17/h9-14,27H,7-8,15H2,1-6H3,(H,28,29)/b25-20+. The number of aromatic carboxylic acids is 1. The zero-order valence-corrected chi connectivity index (χ0v) is 19.1. The maximum atomic E-state index is 11.1. The van der Waals surface area contributed by atoms with E-state index in [0.717, 1.165) is 18.7 Å². The minimum Gasteiger partial charge on any atom is -0.507 e. The molecule has 7 heteroatoms. The van der Waals surface area contributed by atoms with Gasteiger partial charge in [-0.25, -0.2) is 4.79 Å². The van der Waals surface area contributed by atoms with Gasteiger partial charge in [-0.3, -0.25) is 0 Å². The molecule has 2 N–H and O–H groups in total. The van der Waals surface area contributed by atoms with Crippen LogP contribution in [0.4, 0.5) is 5.69 Å². The number of rotatable bonds is 9. The van der Waals surface area contributed by atoms with E-state index in [0.29, 0.717) is 11.5 Å². The van der Waals surface area contributed by atoms with E-state index in [1.165, 1.54) is 36.6 Å². The first-order chi connectivity index (χ1) is 14.6. The summed E-state index contributed by atoms with van der Waals surface area (Å²) in [5.74, 6) is -1.22. The van der Waals surface area contributed by atoms with Gasteiger partial charge in [0.2, 0.25) is 0 Å². The molecule has 0 bridgehead atoms. The van der Waals surface area contributed by atoms with Crippen molar-refractivity contribution in [2.75, 3.05) is 31.7 Å². The van der Waals surface area contributed by atoms with Crippen LogP contribution in [0.2, 0.25) is 0 Å². The number of oxime groups is 1. The Balaban J connectivity index is 2.36. The molecule has 0 spiro atoms. The summed E-state index contributed by atoms with van der Waals surface area (Å²) >= 11 is 0. The van der Waals surface area contributed by atoms with Crippen molar-refractivity contribution < 1.29 is 24.6 Å². The van der Waals surface area contributed by atoms with Crippen LogP contribution in [-0.4, -0.2) is 48.7 Å². The van der Waals surface area contributed by atoms with Gasteiger partial charge in [-0.15, -0.1) is 0 Å². The van der Waals surface area contributed by atoms with Gasteiger partial charge in [0.1, 0.15) is 36.5 Å². The van der Waals surface area contributed by atoms with E-state index < -0.39 is 5.97 Å². The SMILES string of the molecule is CCN(CC)c1ccc(/C(COc2ccc(C(=O)O)c(O)c2)=N/OC)cc1C(C)(C)C. The van der Waals surface area contributed by atoms with Gasteiger partial charge < -0.3 is 24.7 Å². The van der Waals surface area contributed by atoms with Crippen LogP contribution in [0.1, 0.15) is 56.1 Å². The first-order valence-corrected chi connectivity index (χ1v) is 10.3. The first kappa shape index (κ1) is 24.1. The molecule has 0 radical (unpaired) electrons. The number of hydrogen-bond donors (Lipinski definition) is 2. The molecule has 7 nitrogen and oxygen atoms in total. The highest BCUT2D eigenvalue weighted by Crippen LogP contribution is 2.33. The third kappa shape index (κ3) is 5.90. The second-order valence-corrected chi connectivity index (χ2v) is 8.15. The summed E-state index contributed by atoms with van der Waals surface area (Å²) in [6, 6.07) is 10.3. The summed E-state index contributed by atoms with van der Waals surface area (Å²) in [7, 11) is 1.47. The average molecular weight is 429 g/mol. The Morgan fingerprint density at radius 2 is 1.77 bits per heavy atom. The Kier molecular flexibility index (Phi) is 7.91. The molecule has 31 heavy (non-hydrogen) atoms. The number of phenols is 1. The van der Waals surface area contributed by atoms with Crippen LogP contribution in [0.25, 0.3) is 0 Å². The highest BCUT2D eigenvalue weighted by atomic mass is 16.6. The molecular weight excluding hydrogens is 396 g/mol. The minimum absolute atomic E-state index is 0.0780. The second kappa shape index (κ2) is 10.2. The fourth-order valence-electron chi connectivity index (χ4n) is 3.36. The van der Waals surface area contributed by atoms with Gasteiger partial charge in [0.05, 0.1) is 0 Å². The highest BCUT2D eigenvalue weighted by Gasteiger charge is 2.22. The number of anilines is 1. The number of hydrogen-bond acceptors (Lipinski definition) is 6. The maximum Gasteiger partial charge on any atom is 0.339 e. The molecule has 0 unspecified atom stereocenters. The molecule has 0 saturated carbocycles. The van der Waals surface area contributed by atoms with Gasteiger partial charge in [-0.1, -0.05) is 32.0 Å². The monoisotopic (exact) mass is 428 g/mol. The number of nitrogens with zero attached hydrogens (tertiary/aromatic N) is 2. The molecular formula is C24H32N2O5. The van der Waals surface area contributed by atoms with Gasteiger partial charge in [0.15, 0.2) is 0 Å². The Hall–Kier alpha value is -3.22. The molecule has 0 aliphatic carbocycles. The summed E-state index contributed by atoms with van der Waals surface area (Å²) in [5.41, 5.74) is 3.58. The smallest absolute Gasteiger partial charge is 0.339 e. The second-order valence-electron chi connectivity index (χ2n) is 8.15. The van der Waals surface area contributed by atoms with E-state index in [-0.39, 0.29) is 23.3 Å². The fraction of sp³-hybridized carbons (Fsp3) is 0.417. The summed E-state index contributed by atoms with van der Waals surface area (Å²) in [6.45, 7) is 12.7. The zero-order valence-electron chi connectivity index (χ0n) is 19.1. The molecule has 0 aliphatic heterocycles. The van der Waals surface area contributed by atoms with Crippen LogP contribution in [0.3, 0.4) is 0 Å². The molecule has 0 aromatic heterocycles. The lowest BCUT2D eigenvalue weighted by Crippen LogP contribution is -2.27. The van der Waals surface area contributed by atoms with Crippen molar-refractivity contribution in [3.63, 3.8) is 0 Å². The summed E-state index contributed by atoms with van der Waals surface area (Å²) in [4.78, 5) is 18.4. The van der Waals surface area contributed by atoms with Crippen molar-refractivity contribution in [2.45, 2.75) is 40.0 Å². The Bertz CT molecular complexity index is 943. The third-order valence-corrected chi connectivity index (χ3v) is 5.02. The van der Waals surface area contributed by atoms with Crippen molar-refractivity contribution >= 4 is 17.4 Å². The molecule has 0 atom stereocenters. The Morgan fingerprint density at radius 1 is 1.10 bits per heavy atom. The Morgan fingerprint density at radius 3 is 2.29 bits per heavy atom. The van der Waals surface area contributed by atoms with E-state index in [1.54, 1.807) is 0 Å². The molecule has 0 aliphatic rings. The van der Waals surface area contributed by atoms with Gasteiger partial charge in [0.25, 0.3) is 0 Å². The van der Waals surface area contributed by atoms with Gasteiger partial charge >= 0.3 is 5.97 Å². The minimum atomic E-state index is -1.20. The quantitative estimate of drug-likeness (QED) is 0.446. The zero-order chi connectivity index (χ0) is 23.2. The molecule has 0 fully saturated rings. The van der Waals surface area contributed by atoms with Crippen LogP contribution < -0.4 is 9.64 Å². The summed E-state index contributed by atoms with van der Waals surface area (Å²) in [5, 5.41) is 23.1. The van der Waals surface area contributed by atoms with Gasteiger partial charge in [0, 0.05) is 30.4 Å². The largest absolute Gasteiger partial charge is 0.507 e. The maximum absolute atomic E-state index is 11.1. The molecule has 0 heterocycles. The van der Waals surface area contributed by atoms with Gasteiger partial charge in [-0.2, -0.15) is 0 Å². The van der Waals surface area contributed by atoms with E-state index in [2.05, 4.69) is 56.8 Å². The summed E-state index contributed by atoms with van der Waals surface area (Å²) in [6.07, 6.45) is 0. The van der Waals surface area contributed by atoms with E-state index in [1.807, 2.05) is 6.07 Å². The van der Waals surface area contributed by atoms with Crippen molar-refractivity contribution in [3.05, 3.63) is 53.1 Å². The van der Waals surface area contributed by atoms with Crippen molar-refractivity contribution in [1.29, 1.82) is 0 Å². The van der Waals surface area contributed by atoms with Crippen LogP contribution in [0, 0.1) is 0 Å². The predicted octanol–water partition coefficient (Wildman–Crippen LogP) is 4.66. The number of ether oxygens (including phenoxy) is 1. The number of benzene rings is 2. The topological polar surface area (TPSA) is 91.6 Å². The fourth-order valence-corrected chi connectivity index (χ4v) is 3.36. The molecule has 2 aromatic rings. The Labute approximate surface area is 183 Å². The number of carboxylic acid groups (broad SMARTS) is 1. The van der Waals surface area contributed by atoms with E-state index in [9.17, 15) is 9.90 Å². The number of carbonyl (C=O) groups is 1. The molecule has 2 aromatic carbocycles. The first-order valence-electron chi connectivity index (χ1n) is 10.3.